The molecule has 0 fully saturated rings. The molecule has 0 saturated heterocycles. The fourth-order valence-electron chi connectivity index (χ4n) is 3.19. The maximum Gasteiger partial charge on any atom is 0.0625 e. The first kappa shape index (κ1) is 27.2. The van der Waals surface area contributed by atoms with Crippen LogP contribution in [0.5, 0.6) is 0 Å². The molecule has 2 atom stereocenters. The smallest absolute Gasteiger partial charge is 0.0625 e. The van der Waals surface area contributed by atoms with E-state index in [1.165, 1.54) is 50.1 Å². The van der Waals surface area contributed by atoms with Crippen molar-refractivity contribution in [3.63, 3.8) is 0 Å². The third-order valence-electron chi connectivity index (χ3n) is 4.60. The molecule has 0 N–H and O–H groups in total. The van der Waals surface area contributed by atoms with Gasteiger partial charge in [-0.15, -0.1) is 23.8 Å². The van der Waals surface area contributed by atoms with Crippen LogP contribution in [0, 0.1) is 45.3 Å². The molecule has 0 rings (SSSR count). The van der Waals surface area contributed by atoms with Crippen molar-refractivity contribution >= 4 is 23.8 Å². The summed E-state index contributed by atoms with van der Waals surface area (Å²) in [5.41, 5.74) is 0. The van der Waals surface area contributed by atoms with Crippen molar-refractivity contribution in [1.82, 2.24) is 0 Å². The molecule has 0 aliphatic heterocycles. The van der Waals surface area contributed by atoms with Gasteiger partial charge < -0.3 is 0 Å². The monoisotopic (exact) mass is 436 g/mol. The van der Waals surface area contributed by atoms with Crippen LogP contribution >= 0.6 is 23.8 Å². The molecule has 0 spiro atoms. The van der Waals surface area contributed by atoms with Crippen molar-refractivity contribution in [2.75, 3.05) is 55.5 Å². The molecule has 0 aromatic carbocycles. The Balaban J connectivity index is 4.36. The van der Waals surface area contributed by atoms with E-state index >= 15 is 0 Å². The molecule has 4 nitrogen and oxygen atoms in total. The summed E-state index contributed by atoms with van der Waals surface area (Å²) in [5, 5.41) is 35.5. The highest BCUT2D eigenvalue weighted by molar-refractivity contribution is 7.59. The molecule has 0 aliphatic carbocycles. The van der Waals surface area contributed by atoms with Crippen LogP contribution in [0.2, 0.25) is 0 Å². The van der Waals surface area contributed by atoms with Crippen molar-refractivity contribution in [2.45, 2.75) is 51.9 Å². The van der Waals surface area contributed by atoms with Crippen molar-refractivity contribution < 1.29 is 0 Å². The van der Waals surface area contributed by atoms with Crippen molar-refractivity contribution in [2.24, 2.45) is 0 Å². The Morgan fingerprint density at radius 1 is 0.464 bits per heavy atom. The van der Waals surface area contributed by atoms with Crippen LogP contribution in [0.1, 0.15) is 51.9 Å². The third-order valence-corrected chi connectivity index (χ3v) is 12.9. The Morgan fingerprint density at radius 2 is 0.750 bits per heavy atom. The predicted molar refractivity (Wildman–Crippen MR) is 125 cm³/mol. The molecule has 28 heavy (non-hydrogen) atoms. The van der Waals surface area contributed by atoms with Crippen LogP contribution < -0.4 is 0 Å². The number of hydrogen-bond donors (Lipinski definition) is 0. The number of nitriles is 4. The second-order valence-electron chi connectivity index (χ2n) is 6.86. The molecule has 0 aromatic rings. The minimum atomic E-state index is -0.178. The summed E-state index contributed by atoms with van der Waals surface area (Å²) < 4.78 is 0. The van der Waals surface area contributed by atoms with Gasteiger partial charge in [0, 0.05) is 25.7 Å². The summed E-state index contributed by atoms with van der Waals surface area (Å²) in [6.45, 7) is 2.23. The average molecular weight is 436 g/mol. The zero-order chi connectivity index (χ0) is 20.9. The molecule has 0 bridgehead atoms. The Bertz CT molecular complexity index is 524. The minimum Gasteiger partial charge on any atom is -0.198 e. The van der Waals surface area contributed by atoms with Crippen LogP contribution in [-0.4, -0.2) is 55.5 Å². The van der Waals surface area contributed by atoms with Gasteiger partial charge in [-0.25, -0.2) is 0 Å². The molecule has 0 aromatic heterocycles. The number of hydrogen-bond acceptors (Lipinski definition) is 4. The maximum atomic E-state index is 8.98. The van der Waals surface area contributed by atoms with E-state index in [1.54, 1.807) is 0 Å². The maximum absolute atomic E-state index is 8.98. The molecule has 0 amide bonds. The molecule has 0 radical (unpaired) electrons. The lowest BCUT2D eigenvalue weighted by Gasteiger charge is -2.21. The average Bonchev–Trinajstić information content (AvgIpc) is 2.71. The Morgan fingerprint density at radius 3 is 1.04 bits per heavy atom. The van der Waals surface area contributed by atoms with Crippen molar-refractivity contribution in [3.05, 3.63) is 0 Å². The van der Waals surface area contributed by atoms with Gasteiger partial charge in [-0.05, 0) is 68.3 Å². The number of nitrogens with zero attached hydrogens (tertiary/aromatic N) is 4. The lowest BCUT2D eigenvalue weighted by atomic mass is 10.5. The molecule has 0 heterocycles. The molecule has 0 saturated carbocycles. The van der Waals surface area contributed by atoms with Gasteiger partial charge in [-0.1, -0.05) is 13.3 Å². The molecular formula is C21H35N4P3. The third kappa shape index (κ3) is 16.2. The van der Waals surface area contributed by atoms with Gasteiger partial charge in [-0.3, -0.25) is 0 Å². The van der Waals surface area contributed by atoms with Crippen LogP contribution in [0.15, 0.2) is 0 Å². The topological polar surface area (TPSA) is 95.2 Å². The van der Waals surface area contributed by atoms with Gasteiger partial charge in [0.15, 0.2) is 0 Å². The number of rotatable bonds is 18. The van der Waals surface area contributed by atoms with Crippen molar-refractivity contribution in [1.29, 1.82) is 21.0 Å². The Kier molecular flexibility index (Phi) is 20.4. The molecule has 0 aliphatic rings. The highest BCUT2D eigenvalue weighted by Gasteiger charge is 2.13. The molecule has 2 unspecified atom stereocenters. The second kappa shape index (κ2) is 21.0. The summed E-state index contributed by atoms with van der Waals surface area (Å²) in [6, 6.07) is 9.11. The summed E-state index contributed by atoms with van der Waals surface area (Å²) in [7, 11) is -0.233. The summed E-state index contributed by atoms with van der Waals surface area (Å²) in [5.74, 6) is 0. The largest absolute Gasteiger partial charge is 0.198 e. The van der Waals surface area contributed by atoms with Gasteiger partial charge >= 0.3 is 0 Å². The highest BCUT2D eigenvalue weighted by atomic mass is 31.1. The first-order valence-electron chi connectivity index (χ1n) is 10.4. The van der Waals surface area contributed by atoms with Gasteiger partial charge in [0.05, 0.1) is 24.3 Å². The summed E-state index contributed by atoms with van der Waals surface area (Å²) in [6.07, 6.45) is 16.6. The SMILES string of the molecule is CCCP(CCC#N)CCCP(CCC#N)CCCP(CCC#N)CCC#N. The van der Waals surface area contributed by atoms with Gasteiger partial charge in [-0.2, -0.15) is 21.0 Å². The Labute approximate surface area is 176 Å². The van der Waals surface area contributed by atoms with E-state index in [2.05, 4.69) is 31.2 Å². The van der Waals surface area contributed by atoms with Gasteiger partial charge in [0.2, 0.25) is 0 Å². The predicted octanol–water partition coefficient (Wildman–Crippen LogP) is 6.28. The molecule has 154 valence electrons. The van der Waals surface area contributed by atoms with Crippen LogP contribution in [0.3, 0.4) is 0 Å². The first-order valence-corrected chi connectivity index (χ1v) is 16.1. The fourth-order valence-corrected chi connectivity index (χ4v) is 10.4. The van der Waals surface area contributed by atoms with Gasteiger partial charge in [0.25, 0.3) is 0 Å². The van der Waals surface area contributed by atoms with Crippen LogP contribution in [-0.2, 0) is 0 Å². The van der Waals surface area contributed by atoms with Crippen LogP contribution in [0.4, 0.5) is 0 Å². The van der Waals surface area contributed by atoms with Gasteiger partial charge in [0.1, 0.15) is 0 Å². The van der Waals surface area contributed by atoms with Crippen molar-refractivity contribution in [3.8, 4) is 24.3 Å². The van der Waals surface area contributed by atoms with E-state index in [0.717, 1.165) is 24.6 Å². The van der Waals surface area contributed by atoms with E-state index < -0.39 is 0 Å². The van der Waals surface area contributed by atoms with E-state index in [4.69, 9.17) is 21.0 Å². The normalized spacial score (nSPS) is 12.5. The first-order chi connectivity index (χ1) is 13.7. The zero-order valence-electron chi connectivity index (χ0n) is 17.4. The van der Waals surface area contributed by atoms with E-state index in [-0.39, 0.29) is 23.8 Å². The molecule has 7 heteroatoms. The zero-order valence-corrected chi connectivity index (χ0v) is 20.1. The second-order valence-corrected chi connectivity index (χ2v) is 14.9. The lowest BCUT2D eigenvalue weighted by molar-refractivity contribution is 1.02. The quantitative estimate of drug-likeness (QED) is 0.236. The Hall–Kier alpha value is -0.750. The molecular weight excluding hydrogens is 401 g/mol. The lowest BCUT2D eigenvalue weighted by Crippen LogP contribution is -2.02. The van der Waals surface area contributed by atoms with E-state index in [1.807, 2.05) is 0 Å². The minimum absolute atomic E-state index is 0.0176. The standard InChI is InChI=1S/C21H35N4P3/c1-2-13-26(14-3-9-22)18-7-20-28(17-6-12-25)21-8-19-27(15-4-10-23)16-5-11-24/h2-8,13-21H2,1H3. The summed E-state index contributed by atoms with van der Waals surface area (Å²) >= 11 is 0. The summed E-state index contributed by atoms with van der Waals surface area (Å²) in [4.78, 5) is 0. The van der Waals surface area contributed by atoms with E-state index in [9.17, 15) is 0 Å². The van der Waals surface area contributed by atoms with E-state index in [0.29, 0.717) is 25.7 Å². The van der Waals surface area contributed by atoms with Crippen LogP contribution in [0.25, 0.3) is 0 Å². The highest BCUT2D eigenvalue weighted by Crippen LogP contribution is 2.44. The fraction of sp³-hybridized carbons (Fsp3) is 0.810.